The van der Waals surface area contributed by atoms with Crippen LogP contribution in [0.25, 0.3) is 0 Å². The van der Waals surface area contributed by atoms with E-state index < -0.39 is 0 Å². The molecule has 1 amide bonds. The Morgan fingerprint density at radius 2 is 1.79 bits per heavy atom. The Morgan fingerprint density at radius 1 is 0.958 bits per heavy atom. The zero-order valence-electron chi connectivity index (χ0n) is 12.8. The van der Waals surface area contributed by atoms with E-state index in [1.807, 2.05) is 24.3 Å². The van der Waals surface area contributed by atoms with Crippen LogP contribution in [0, 0.1) is 0 Å². The Labute approximate surface area is 150 Å². The molecule has 1 heterocycles. The molecule has 0 unspecified atom stereocenters. The Hall–Kier alpha value is -2.23. The van der Waals surface area contributed by atoms with Crippen LogP contribution in [0.1, 0.15) is 21.7 Å². The van der Waals surface area contributed by atoms with Crippen molar-refractivity contribution in [2.45, 2.75) is 13.1 Å². The standard InChI is InChI=1S/C19H15Cl2NO2/c20-15-6-3-5-14(11-15)12-22(13-16-7-4-10-24-16)19(23)17-8-1-2-9-18(17)21/h1-11H,12-13H2. The van der Waals surface area contributed by atoms with Crippen molar-refractivity contribution in [3.05, 3.63) is 93.9 Å². The highest BCUT2D eigenvalue weighted by Crippen LogP contribution is 2.21. The van der Waals surface area contributed by atoms with Gasteiger partial charge in [0.15, 0.2) is 0 Å². The highest BCUT2D eigenvalue weighted by molar-refractivity contribution is 6.33. The van der Waals surface area contributed by atoms with Crippen LogP contribution in [0.4, 0.5) is 0 Å². The van der Waals surface area contributed by atoms with Crippen LogP contribution in [-0.2, 0) is 13.1 Å². The number of furan rings is 1. The number of benzene rings is 2. The SMILES string of the molecule is O=C(c1ccccc1Cl)N(Cc1cccc(Cl)c1)Cc1ccco1. The predicted molar refractivity (Wildman–Crippen MR) is 95.2 cm³/mol. The molecule has 0 aliphatic carbocycles. The molecule has 1 aromatic heterocycles. The van der Waals surface area contributed by atoms with Crippen LogP contribution < -0.4 is 0 Å². The highest BCUT2D eigenvalue weighted by atomic mass is 35.5. The summed E-state index contributed by atoms with van der Waals surface area (Å²) in [4.78, 5) is 14.6. The van der Waals surface area contributed by atoms with E-state index in [0.717, 1.165) is 5.56 Å². The van der Waals surface area contributed by atoms with Gasteiger partial charge in [-0.25, -0.2) is 0 Å². The van der Waals surface area contributed by atoms with Gasteiger partial charge in [0.05, 0.1) is 23.4 Å². The molecule has 0 saturated carbocycles. The minimum atomic E-state index is -0.156. The summed E-state index contributed by atoms with van der Waals surface area (Å²) >= 11 is 12.2. The lowest BCUT2D eigenvalue weighted by Gasteiger charge is -2.22. The number of amides is 1. The molecule has 0 aliphatic heterocycles. The lowest BCUT2D eigenvalue weighted by Crippen LogP contribution is -2.30. The summed E-state index contributed by atoms with van der Waals surface area (Å²) in [6.45, 7) is 0.759. The van der Waals surface area contributed by atoms with E-state index in [0.29, 0.717) is 34.5 Å². The van der Waals surface area contributed by atoms with E-state index in [2.05, 4.69) is 0 Å². The number of halogens is 2. The number of rotatable bonds is 5. The van der Waals surface area contributed by atoms with Crippen molar-refractivity contribution in [1.29, 1.82) is 0 Å². The lowest BCUT2D eigenvalue weighted by atomic mass is 10.1. The van der Waals surface area contributed by atoms with Gasteiger partial charge in [-0.1, -0.05) is 47.5 Å². The van der Waals surface area contributed by atoms with Gasteiger partial charge in [0.1, 0.15) is 5.76 Å². The van der Waals surface area contributed by atoms with Crippen molar-refractivity contribution in [2.24, 2.45) is 0 Å². The molecule has 0 aliphatic rings. The molecule has 24 heavy (non-hydrogen) atoms. The topological polar surface area (TPSA) is 33.5 Å². The number of hydrogen-bond donors (Lipinski definition) is 0. The van der Waals surface area contributed by atoms with Gasteiger partial charge in [-0.3, -0.25) is 4.79 Å². The molecule has 0 atom stereocenters. The number of carbonyl (C=O) groups is 1. The molecule has 3 aromatic rings. The van der Waals surface area contributed by atoms with E-state index in [9.17, 15) is 4.79 Å². The predicted octanol–water partition coefficient (Wildman–Crippen LogP) is 5.43. The first-order chi connectivity index (χ1) is 11.6. The smallest absolute Gasteiger partial charge is 0.256 e. The van der Waals surface area contributed by atoms with Gasteiger partial charge in [0.2, 0.25) is 0 Å². The van der Waals surface area contributed by atoms with E-state index in [1.54, 1.807) is 47.6 Å². The van der Waals surface area contributed by atoms with Crippen molar-refractivity contribution in [3.8, 4) is 0 Å². The second-order valence-electron chi connectivity index (χ2n) is 5.35. The van der Waals surface area contributed by atoms with Crippen molar-refractivity contribution < 1.29 is 9.21 Å². The maximum Gasteiger partial charge on any atom is 0.256 e. The molecule has 0 bridgehead atoms. The number of carbonyl (C=O) groups excluding carboxylic acids is 1. The minimum absolute atomic E-state index is 0.156. The van der Waals surface area contributed by atoms with Crippen molar-refractivity contribution in [1.82, 2.24) is 4.90 Å². The Bertz CT molecular complexity index is 831. The molecule has 0 radical (unpaired) electrons. The second kappa shape index (κ2) is 7.56. The molecule has 3 rings (SSSR count). The van der Waals surface area contributed by atoms with Crippen LogP contribution in [0.5, 0.6) is 0 Å². The number of hydrogen-bond acceptors (Lipinski definition) is 2. The fourth-order valence-corrected chi connectivity index (χ4v) is 2.88. The van der Waals surface area contributed by atoms with Crippen molar-refractivity contribution >= 4 is 29.1 Å². The zero-order chi connectivity index (χ0) is 16.9. The molecule has 5 heteroatoms. The molecule has 0 fully saturated rings. The van der Waals surface area contributed by atoms with Gasteiger partial charge >= 0.3 is 0 Å². The second-order valence-corrected chi connectivity index (χ2v) is 6.19. The summed E-state index contributed by atoms with van der Waals surface area (Å²) in [6.07, 6.45) is 1.59. The summed E-state index contributed by atoms with van der Waals surface area (Å²) in [5.74, 6) is 0.550. The zero-order valence-corrected chi connectivity index (χ0v) is 14.3. The molecule has 0 N–H and O–H groups in total. The van der Waals surface area contributed by atoms with E-state index in [4.69, 9.17) is 27.6 Å². The summed E-state index contributed by atoms with van der Waals surface area (Å²) in [5.41, 5.74) is 1.40. The molecule has 3 nitrogen and oxygen atoms in total. The van der Waals surface area contributed by atoms with Crippen molar-refractivity contribution in [2.75, 3.05) is 0 Å². The first-order valence-electron chi connectivity index (χ1n) is 7.44. The minimum Gasteiger partial charge on any atom is -0.467 e. The van der Waals surface area contributed by atoms with E-state index >= 15 is 0 Å². The molecule has 0 saturated heterocycles. The Morgan fingerprint density at radius 3 is 2.50 bits per heavy atom. The Kier molecular flexibility index (Phi) is 5.24. The average Bonchev–Trinajstić information content (AvgIpc) is 3.07. The largest absolute Gasteiger partial charge is 0.467 e. The Balaban J connectivity index is 1.89. The van der Waals surface area contributed by atoms with Crippen LogP contribution in [0.3, 0.4) is 0 Å². The summed E-state index contributed by atoms with van der Waals surface area (Å²) < 4.78 is 5.39. The third-order valence-electron chi connectivity index (χ3n) is 3.58. The van der Waals surface area contributed by atoms with Crippen LogP contribution in [0.2, 0.25) is 10.0 Å². The summed E-state index contributed by atoms with van der Waals surface area (Å²) in [7, 11) is 0. The summed E-state index contributed by atoms with van der Waals surface area (Å²) in [6, 6.07) is 18.1. The fraction of sp³-hybridized carbons (Fsp3) is 0.105. The monoisotopic (exact) mass is 359 g/mol. The summed E-state index contributed by atoms with van der Waals surface area (Å²) in [5, 5.41) is 1.06. The average molecular weight is 360 g/mol. The van der Waals surface area contributed by atoms with E-state index in [-0.39, 0.29) is 5.91 Å². The molecule has 2 aromatic carbocycles. The highest BCUT2D eigenvalue weighted by Gasteiger charge is 2.20. The van der Waals surface area contributed by atoms with Gasteiger partial charge in [-0.2, -0.15) is 0 Å². The van der Waals surface area contributed by atoms with Crippen LogP contribution in [0.15, 0.2) is 71.3 Å². The quantitative estimate of drug-likeness (QED) is 0.608. The van der Waals surface area contributed by atoms with Gasteiger partial charge in [-0.05, 0) is 42.0 Å². The fourth-order valence-electron chi connectivity index (χ4n) is 2.45. The van der Waals surface area contributed by atoms with Gasteiger partial charge in [0, 0.05) is 11.6 Å². The first-order valence-corrected chi connectivity index (χ1v) is 8.20. The third kappa shape index (κ3) is 3.99. The molecular formula is C19H15Cl2NO2. The van der Waals surface area contributed by atoms with Crippen LogP contribution in [-0.4, -0.2) is 10.8 Å². The lowest BCUT2D eigenvalue weighted by molar-refractivity contribution is 0.0718. The van der Waals surface area contributed by atoms with Crippen LogP contribution >= 0.6 is 23.2 Å². The van der Waals surface area contributed by atoms with Gasteiger partial charge in [0.25, 0.3) is 5.91 Å². The maximum absolute atomic E-state index is 12.9. The first kappa shape index (κ1) is 16.6. The van der Waals surface area contributed by atoms with E-state index in [1.165, 1.54) is 0 Å². The normalized spacial score (nSPS) is 10.6. The van der Waals surface area contributed by atoms with Gasteiger partial charge in [-0.15, -0.1) is 0 Å². The third-order valence-corrected chi connectivity index (χ3v) is 4.15. The van der Waals surface area contributed by atoms with Crippen molar-refractivity contribution in [3.63, 3.8) is 0 Å². The van der Waals surface area contributed by atoms with Gasteiger partial charge < -0.3 is 9.32 Å². The maximum atomic E-state index is 12.9. The molecule has 122 valence electrons. The number of nitrogens with zero attached hydrogens (tertiary/aromatic N) is 1. The molecule has 0 spiro atoms. The molecular weight excluding hydrogens is 345 g/mol.